The lowest BCUT2D eigenvalue weighted by Gasteiger charge is -2.18. The van der Waals surface area contributed by atoms with Crippen LogP contribution >= 0.6 is 0 Å². The molecule has 4 aromatic rings. The number of aromatic nitrogens is 3. The van der Waals surface area contributed by atoms with Crippen LogP contribution in [0, 0.1) is 20.8 Å². The van der Waals surface area contributed by atoms with Crippen LogP contribution < -0.4 is 10.9 Å². The van der Waals surface area contributed by atoms with Gasteiger partial charge in [0.2, 0.25) is 5.90 Å². The maximum Gasteiger partial charge on any atom is 0.258 e. The summed E-state index contributed by atoms with van der Waals surface area (Å²) in [4.78, 5) is 26.8. The molecule has 0 aliphatic rings. The second kappa shape index (κ2) is 10.6. The molecule has 184 valence electrons. The average Bonchev–Trinajstić information content (AvgIpc) is 2.86. The summed E-state index contributed by atoms with van der Waals surface area (Å²) < 4.78 is 7.27. The van der Waals surface area contributed by atoms with Crippen molar-refractivity contribution in [1.82, 2.24) is 14.5 Å². The van der Waals surface area contributed by atoms with Crippen LogP contribution in [0.4, 0.5) is 5.69 Å². The molecule has 1 atom stereocenters. The number of rotatable bonds is 7. The highest BCUT2D eigenvalue weighted by molar-refractivity contribution is 5.94. The highest BCUT2D eigenvalue weighted by atomic mass is 16.5. The van der Waals surface area contributed by atoms with E-state index in [2.05, 4.69) is 21.9 Å². The maximum atomic E-state index is 13.3. The van der Waals surface area contributed by atoms with E-state index in [0.717, 1.165) is 44.5 Å². The van der Waals surface area contributed by atoms with Gasteiger partial charge in [-0.2, -0.15) is 0 Å². The lowest BCUT2D eigenvalue weighted by atomic mass is 9.99. The van der Waals surface area contributed by atoms with Gasteiger partial charge in [-0.05, 0) is 67.8 Å². The zero-order valence-corrected chi connectivity index (χ0v) is 21.4. The average molecular weight is 482 g/mol. The summed E-state index contributed by atoms with van der Waals surface area (Å²) in [6, 6.07) is 11.8. The molecule has 0 spiro atoms. The first-order valence-electron chi connectivity index (χ1n) is 11.8. The minimum Gasteiger partial charge on any atom is -0.481 e. The number of benzene rings is 1. The SMILES string of the molecule is C=CCC(/N=C(\OC)c1cncc(C)c1)Nc1ccc(C)c(-c2cc3cnc(C)cc3n(C)c2=O)c1. The molecule has 36 heavy (non-hydrogen) atoms. The molecule has 3 aromatic heterocycles. The van der Waals surface area contributed by atoms with E-state index in [1.165, 1.54) is 0 Å². The lowest BCUT2D eigenvalue weighted by Crippen LogP contribution is -2.21. The molecule has 0 aliphatic heterocycles. The van der Waals surface area contributed by atoms with E-state index in [1.807, 2.05) is 69.4 Å². The number of nitrogens with zero attached hydrogens (tertiary/aromatic N) is 4. The van der Waals surface area contributed by atoms with Crippen molar-refractivity contribution in [3.63, 3.8) is 0 Å². The summed E-state index contributed by atoms with van der Waals surface area (Å²) in [6.07, 6.45) is 7.41. The Labute approximate surface area is 211 Å². The summed E-state index contributed by atoms with van der Waals surface area (Å²) in [6.45, 7) is 9.79. The fourth-order valence-electron chi connectivity index (χ4n) is 4.21. The zero-order valence-electron chi connectivity index (χ0n) is 21.4. The van der Waals surface area contributed by atoms with E-state index in [0.29, 0.717) is 17.9 Å². The normalized spacial score (nSPS) is 12.4. The Balaban J connectivity index is 1.73. The molecule has 1 unspecified atom stereocenters. The maximum absolute atomic E-state index is 13.3. The Hall–Kier alpha value is -4.26. The van der Waals surface area contributed by atoms with Gasteiger partial charge >= 0.3 is 0 Å². The summed E-state index contributed by atoms with van der Waals surface area (Å²) in [7, 11) is 3.40. The third-order valence-electron chi connectivity index (χ3n) is 6.08. The number of methoxy groups -OCH3 is 1. The van der Waals surface area contributed by atoms with Crippen molar-refractivity contribution in [2.75, 3.05) is 12.4 Å². The number of hydrogen-bond donors (Lipinski definition) is 1. The monoisotopic (exact) mass is 481 g/mol. The Morgan fingerprint density at radius 1 is 1.14 bits per heavy atom. The largest absolute Gasteiger partial charge is 0.481 e. The summed E-state index contributed by atoms with van der Waals surface area (Å²) in [5.74, 6) is 0.490. The summed E-state index contributed by atoms with van der Waals surface area (Å²) in [5, 5.41) is 4.38. The number of nitrogens with one attached hydrogen (secondary N) is 1. The first-order valence-corrected chi connectivity index (χ1v) is 11.8. The molecule has 4 rings (SSSR count). The van der Waals surface area contributed by atoms with Crippen LogP contribution in [0.15, 0.2) is 77.4 Å². The third-order valence-corrected chi connectivity index (χ3v) is 6.08. The quantitative estimate of drug-likeness (QED) is 0.219. The molecular weight excluding hydrogens is 450 g/mol. The molecule has 7 heteroatoms. The smallest absolute Gasteiger partial charge is 0.258 e. The van der Waals surface area contributed by atoms with Crippen molar-refractivity contribution < 1.29 is 4.74 Å². The van der Waals surface area contributed by atoms with Crippen molar-refractivity contribution in [3.8, 4) is 11.1 Å². The van der Waals surface area contributed by atoms with Gasteiger partial charge in [0.15, 0.2) is 0 Å². The van der Waals surface area contributed by atoms with E-state index in [-0.39, 0.29) is 11.7 Å². The van der Waals surface area contributed by atoms with Gasteiger partial charge in [-0.3, -0.25) is 14.8 Å². The number of ether oxygens (including phenoxy) is 1. The van der Waals surface area contributed by atoms with Gasteiger partial charge in [0.1, 0.15) is 6.17 Å². The lowest BCUT2D eigenvalue weighted by molar-refractivity contribution is 0.399. The van der Waals surface area contributed by atoms with Gasteiger partial charge in [-0.15, -0.1) is 6.58 Å². The molecule has 0 saturated heterocycles. The summed E-state index contributed by atoms with van der Waals surface area (Å²) in [5.41, 5.74) is 6.85. The van der Waals surface area contributed by atoms with E-state index in [1.54, 1.807) is 31.1 Å². The molecule has 0 fully saturated rings. The number of aliphatic imine (C=N–C) groups is 1. The van der Waals surface area contributed by atoms with Crippen LogP contribution in [-0.4, -0.2) is 33.7 Å². The molecule has 0 radical (unpaired) electrons. The molecule has 0 bridgehead atoms. The molecule has 0 aliphatic carbocycles. The highest BCUT2D eigenvalue weighted by Gasteiger charge is 2.15. The Morgan fingerprint density at radius 2 is 1.94 bits per heavy atom. The van der Waals surface area contributed by atoms with E-state index in [9.17, 15) is 4.79 Å². The minimum atomic E-state index is -0.319. The van der Waals surface area contributed by atoms with Gasteiger partial charge in [0.25, 0.3) is 5.56 Å². The molecule has 7 nitrogen and oxygen atoms in total. The van der Waals surface area contributed by atoms with E-state index >= 15 is 0 Å². The minimum absolute atomic E-state index is 0.0531. The van der Waals surface area contributed by atoms with Crippen LogP contribution in [0.2, 0.25) is 0 Å². The van der Waals surface area contributed by atoms with Crippen LogP contribution in [0.25, 0.3) is 22.0 Å². The molecule has 0 amide bonds. The Kier molecular flexibility index (Phi) is 7.29. The van der Waals surface area contributed by atoms with Gasteiger partial charge in [0, 0.05) is 54.4 Å². The van der Waals surface area contributed by atoms with Gasteiger partial charge in [-0.25, -0.2) is 4.99 Å². The number of pyridine rings is 3. The van der Waals surface area contributed by atoms with Crippen molar-refractivity contribution in [2.24, 2.45) is 12.0 Å². The Bertz CT molecular complexity index is 1520. The van der Waals surface area contributed by atoms with Crippen molar-refractivity contribution in [1.29, 1.82) is 0 Å². The zero-order chi connectivity index (χ0) is 25.8. The molecular formula is C29H31N5O2. The predicted molar refractivity (Wildman–Crippen MR) is 147 cm³/mol. The van der Waals surface area contributed by atoms with E-state index < -0.39 is 0 Å². The van der Waals surface area contributed by atoms with Crippen molar-refractivity contribution in [3.05, 3.63) is 100 Å². The molecule has 1 aromatic carbocycles. The predicted octanol–water partition coefficient (Wildman–Crippen LogP) is 5.33. The van der Waals surface area contributed by atoms with E-state index in [4.69, 9.17) is 9.73 Å². The molecule has 3 heterocycles. The highest BCUT2D eigenvalue weighted by Crippen LogP contribution is 2.27. The topological polar surface area (TPSA) is 81.4 Å². The van der Waals surface area contributed by atoms with Crippen LogP contribution in [0.3, 0.4) is 0 Å². The second-order valence-corrected chi connectivity index (χ2v) is 8.91. The van der Waals surface area contributed by atoms with Gasteiger partial charge in [0.05, 0.1) is 18.2 Å². The number of aryl methyl sites for hydroxylation is 4. The number of hydrogen-bond acceptors (Lipinski definition) is 6. The van der Waals surface area contributed by atoms with Crippen molar-refractivity contribution >= 4 is 22.5 Å². The van der Waals surface area contributed by atoms with Crippen molar-refractivity contribution in [2.45, 2.75) is 33.4 Å². The van der Waals surface area contributed by atoms with Crippen LogP contribution in [-0.2, 0) is 11.8 Å². The molecule has 1 N–H and O–H groups in total. The second-order valence-electron chi connectivity index (χ2n) is 8.91. The summed E-state index contributed by atoms with van der Waals surface area (Å²) >= 11 is 0. The van der Waals surface area contributed by atoms with Gasteiger partial charge in [-0.1, -0.05) is 12.1 Å². The third kappa shape index (κ3) is 5.20. The Morgan fingerprint density at radius 3 is 2.67 bits per heavy atom. The fourth-order valence-corrected chi connectivity index (χ4v) is 4.21. The first-order chi connectivity index (χ1) is 17.3. The molecule has 0 saturated carbocycles. The van der Waals surface area contributed by atoms with Gasteiger partial charge < -0.3 is 14.6 Å². The number of fused-ring (bicyclic) bond motifs is 1. The standard InChI is InChI=1S/C29H31N5O2/c1-7-8-27(33-28(36-6)22-11-18(2)15-30-16-22)32-23-10-9-19(3)24(14-23)25-13-21-17-31-20(4)12-26(21)34(5)29(25)35/h7,9-17,27,32H,1,8H2,2-6H3/b33-28-. The van der Waals surface area contributed by atoms with Crippen LogP contribution in [0.5, 0.6) is 0 Å². The fraction of sp³-hybridized carbons (Fsp3) is 0.241. The first kappa shape index (κ1) is 24.9. The van der Waals surface area contributed by atoms with Crippen LogP contribution in [0.1, 0.15) is 28.8 Å². The number of anilines is 1.